The smallest absolute Gasteiger partial charge is 0.223 e. The number of hydrogen-bond donors (Lipinski definition) is 0. The van der Waals surface area contributed by atoms with Crippen LogP contribution in [0.3, 0.4) is 0 Å². The Morgan fingerprint density at radius 2 is 0.912 bits per heavy atom. The van der Waals surface area contributed by atoms with Crippen LogP contribution >= 0.6 is 0 Å². The average molecular weight is 461 g/mol. The van der Waals surface area contributed by atoms with E-state index in [0.29, 0.717) is 78.3 Å². The van der Waals surface area contributed by atoms with Gasteiger partial charge in [-0.3, -0.25) is 9.59 Å². The fraction of sp³-hybridized carbons (Fsp3) is 0.429. The predicted molar refractivity (Wildman–Crippen MR) is 133 cm³/mol. The van der Waals surface area contributed by atoms with E-state index in [2.05, 4.69) is 48.5 Å². The topological polar surface area (TPSA) is 59.1 Å². The molecule has 0 aliphatic carbocycles. The molecule has 2 aliphatic rings. The molecule has 0 bridgehead atoms. The van der Waals surface area contributed by atoms with Crippen molar-refractivity contribution in [3.05, 3.63) is 59.7 Å². The molecule has 0 atom stereocenters. The first-order chi connectivity index (χ1) is 16.7. The number of carbonyl (C=O) groups is 2. The number of fused-ring (bicyclic) bond motifs is 2. The van der Waals surface area contributed by atoms with Gasteiger partial charge in [-0.1, -0.05) is 48.5 Å². The normalized spacial score (nSPS) is 16.8. The van der Waals surface area contributed by atoms with Gasteiger partial charge in [-0.05, 0) is 45.5 Å². The van der Waals surface area contributed by atoms with Crippen molar-refractivity contribution in [2.45, 2.75) is 25.7 Å². The van der Waals surface area contributed by atoms with Crippen LogP contribution in [0.5, 0.6) is 0 Å². The Hall–Kier alpha value is -2.96. The minimum Gasteiger partial charge on any atom is -0.378 e. The molecule has 178 valence electrons. The highest BCUT2D eigenvalue weighted by Crippen LogP contribution is 2.34. The Bertz CT molecular complexity index is 1030. The fourth-order valence-corrected chi connectivity index (χ4v) is 5.25. The van der Waals surface area contributed by atoms with Crippen LogP contribution in [0.4, 0.5) is 0 Å². The molecule has 0 saturated carbocycles. The van der Waals surface area contributed by atoms with Crippen LogP contribution in [0.15, 0.2) is 48.5 Å². The summed E-state index contributed by atoms with van der Waals surface area (Å²) in [6.45, 7) is 5.19. The largest absolute Gasteiger partial charge is 0.378 e. The molecule has 3 aromatic carbocycles. The predicted octanol–water partition coefficient (Wildman–Crippen LogP) is 3.58. The molecule has 0 N–H and O–H groups in total. The summed E-state index contributed by atoms with van der Waals surface area (Å²) in [6.07, 6.45) is 2.38. The van der Waals surface area contributed by atoms with E-state index in [1.54, 1.807) is 0 Å². The first-order valence-corrected chi connectivity index (χ1v) is 12.3. The fourth-order valence-electron chi connectivity index (χ4n) is 5.25. The molecule has 3 aromatic rings. The SMILES string of the molecule is O=C(CCc1c2ccccc2c(CCC(=O)N2CCOCC2)c2ccccc12)N1CCOCC1. The van der Waals surface area contributed by atoms with E-state index in [1.165, 1.54) is 32.7 Å². The van der Waals surface area contributed by atoms with Crippen LogP contribution in [0, 0.1) is 0 Å². The lowest BCUT2D eigenvalue weighted by molar-refractivity contribution is -0.135. The van der Waals surface area contributed by atoms with Gasteiger partial charge in [0.05, 0.1) is 26.4 Å². The van der Waals surface area contributed by atoms with Crippen molar-refractivity contribution in [3.8, 4) is 0 Å². The van der Waals surface area contributed by atoms with Crippen molar-refractivity contribution in [2.75, 3.05) is 52.6 Å². The molecule has 0 radical (unpaired) electrons. The van der Waals surface area contributed by atoms with Crippen molar-refractivity contribution < 1.29 is 19.1 Å². The van der Waals surface area contributed by atoms with E-state index in [-0.39, 0.29) is 11.8 Å². The summed E-state index contributed by atoms with van der Waals surface area (Å²) in [7, 11) is 0. The maximum absolute atomic E-state index is 12.9. The highest BCUT2D eigenvalue weighted by Gasteiger charge is 2.21. The molecule has 6 heteroatoms. The van der Waals surface area contributed by atoms with Gasteiger partial charge in [0.1, 0.15) is 0 Å². The summed E-state index contributed by atoms with van der Waals surface area (Å²) in [4.78, 5) is 29.5. The summed E-state index contributed by atoms with van der Waals surface area (Å²) in [5.74, 6) is 0.383. The van der Waals surface area contributed by atoms with Gasteiger partial charge < -0.3 is 19.3 Å². The standard InChI is InChI=1S/C28H32N2O4/c31-27(29-13-17-33-18-14-29)11-9-25-21-5-1-2-6-22(21)26(24-8-4-3-7-23(24)25)10-12-28(32)30-15-19-34-20-16-30/h1-8H,9-20H2. The number of carbonyl (C=O) groups excluding carboxylic acids is 2. The molecule has 0 spiro atoms. The van der Waals surface area contributed by atoms with Crippen LogP contribution in [0.1, 0.15) is 24.0 Å². The van der Waals surface area contributed by atoms with Gasteiger partial charge >= 0.3 is 0 Å². The lowest BCUT2D eigenvalue weighted by atomic mass is 9.88. The molecule has 0 aromatic heterocycles. The quantitative estimate of drug-likeness (QED) is 0.528. The van der Waals surface area contributed by atoms with Crippen molar-refractivity contribution in [1.82, 2.24) is 9.80 Å². The second-order valence-corrected chi connectivity index (χ2v) is 9.03. The summed E-state index contributed by atoms with van der Waals surface area (Å²) < 4.78 is 10.8. The summed E-state index contributed by atoms with van der Waals surface area (Å²) >= 11 is 0. The number of benzene rings is 3. The van der Waals surface area contributed by atoms with Gasteiger partial charge in [-0.15, -0.1) is 0 Å². The monoisotopic (exact) mass is 460 g/mol. The van der Waals surface area contributed by atoms with Crippen LogP contribution in [-0.4, -0.2) is 74.2 Å². The number of morpholine rings is 2. The molecule has 2 aliphatic heterocycles. The maximum Gasteiger partial charge on any atom is 0.223 e. The van der Waals surface area contributed by atoms with E-state index in [9.17, 15) is 9.59 Å². The molecule has 0 unspecified atom stereocenters. The summed E-state index contributed by atoms with van der Waals surface area (Å²) in [5.41, 5.74) is 2.44. The van der Waals surface area contributed by atoms with Crippen LogP contribution in [0.2, 0.25) is 0 Å². The number of amides is 2. The van der Waals surface area contributed by atoms with Gasteiger partial charge in [0.25, 0.3) is 0 Å². The highest BCUT2D eigenvalue weighted by atomic mass is 16.5. The lowest BCUT2D eigenvalue weighted by Crippen LogP contribution is -2.40. The minimum absolute atomic E-state index is 0.191. The minimum atomic E-state index is 0.191. The molecule has 2 amide bonds. The first kappa shape index (κ1) is 22.8. The Kier molecular flexibility index (Phi) is 7.07. The second kappa shape index (κ2) is 10.5. The molecule has 2 fully saturated rings. The molecular weight excluding hydrogens is 428 g/mol. The van der Waals surface area contributed by atoms with E-state index in [1.807, 2.05) is 9.80 Å². The number of aryl methyl sites for hydroxylation is 2. The molecule has 34 heavy (non-hydrogen) atoms. The number of hydrogen-bond acceptors (Lipinski definition) is 4. The van der Waals surface area contributed by atoms with Crippen LogP contribution in [0.25, 0.3) is 21.5 Å². The van der Waals surface area contributed by atoms with Gasteiger partial charge in [-0.2, -0.15) is 0 Å². The summed E-state index contributed by atoms with van der Waals surface area (Å²) in [6, 6.07) is 16.9. The van der Waals surface area contributed by atoms with Gasteiger partial charge in [-0.25, -0.2) is 0 Å². The zero-order chi connectivity index (χ0) is 23.3. The lowest BCUT2D eigenvalue weighted by Gasteiger charge is -2.27. The highest BCUT2D eigenvalue weighted by molar-refractivity contribution is 6.06. The number of ether oxygens (including phenoxy) is 2. The van der Waals surface area contributed by atoms with Crippen molar-refractivity contribution in [1.29, 1.82) is 0 Å². The molecule has 2 heterocycles. The molecular formula is C28H32N2O4. The van der Waals surface area contributed by atoms with E-state index >= 15 is 0 Å². The van der Waals surface area contributed by atoms with Gasteiger partial charge in [0, 0.05) is 39.0 Å². The van der Waals surface area contributed by atoms with E-state index in [4.69, 9.17) is 9.47 Å². The van der Waals surface area contributed by atoms with Crippen molar-refractivity contribution in [3.63, 3.8) is 0 Å². The molecule has 5 rings (SSSR count). The van der Waals surface area contributed by atoms with Gasteiger partial charge in [0.2, 0.25) is 11.8 Å². The van der Waals surface area contributed by atoms with E-state index < -0.39 is 0 Å². The van der Waals surface area contributed by atoms with Crippen molar-refractivity contribution >= 4 is 33.4 Å². The van der Waals surface area contributed by atoms with Crippen molar-refractivity contribution in [2.24, 2.45) is 0 Å². The maximum atomic E-state index is 12.9. The Morgan fingerprint density at radius 3 is 1.24 bits per heavy atom. The second-order valence-electron chi connectivity index (χ2n) is 9.03. The summed E-state index contributed by atoms with van der Waals surface area (Å²) in [5, 5.41) is 4.74. The average Bonchev–Trinajstić information content (AvgIpc) is 2.91. The van der Waals surface area contributed by atoms with Crippen LogP contribution < -0.4 is 0 Å². The third-order valence-electron chi connectivity index (χ3n) is 7.06. The molecule has 6 nitrogen and oxygen atoms in total. The molecule has 2 saturated heterocycles. The van der Waals surface area contributed by atoms with Gasteiger partial charge in [0.15, 0.2) is 0 Å². The zero-order valence-corrected chi connectivity index (χ0v) is 19.6. The number of nitrogens with zero attached hydrogens (tertiary/aromatic N) is 2. The third-order valence-corrected chi connectivity index (χ3v) is 7.06. The third kappa shape index (κ3) is 4.79. The Balaban J connectivity index is 1.44. The van der Waals surface area contributed by atoms with E-state index in [0.717, 1.165) is 0 Å². The van der Waals surface area contributed by atoms with Crippen LogP contribution in [-0.2, 0) is 31.9 Å². The zero-order valence-electron chi connectivity index (χ0n) is 19.6. The Morgan fingerprint density at radius 1 is 0.588 bits per heavy atom. The number of rotatable bonds is 6. The Labute approximate surface area is 200 Å². The first-order valence-electron chi connectivity index (χ1n) is 12.3.